The van der Waals surface area contributed by atoms with E-state index in [9.17, 15) is 4.79 Å². The van der Waals surface area contributed by atoms with E-state index in [1.54, 1.807) is 12.1 Å². The first-order valence-electron chi connectivity index (χ1n) is 5.26. The maximum absolute atomic E-state index is 10.8. The van der Waals surface area contributed by atoms with Gasteiger partial charge in [0.25, 0.3) is 0 Å². The fourth-order valence-corrected chi connectivity index (χ4v) is 1.88. The van der Waals surface area contributed by atoms with Gasteiger partial charge in [0.05, 0.1) is 0 Å². The normalized spacial score (nSPS) is 12.7. The summed E-state index contributed by atoms with van der Waals surface area (Å²) in [6, 6.07) is 4.93. The number of nitrogens with zero attached hydrogens (tertiary/aromatic N) is 1. The van der Waals surface area contributed by atoms with E-state index in [-0.39, 0.29) is 12.5 Å². The van der Waals surface area contributed by atoms with E-state index in [0.29, 0.717) is 17.3 Å². The minimum absolute atomic E-state index is 0.123. The van der Waals surface area contributed by atoms with Crippen LogP contribution in [0.1, 0.15) is 16.1 Å². The van der Waals surface area contributed by atoms with Crippen molar-refractivity contribution in [1.29, 1.82) is 0 Å². The summed E-state index contributed by atoms with van der Waals surface area (Å²) in [4.78, 5) is 10.8. The minimum Gasteiger partial charge on any atom is -0.476 e. The van der Waals surface area contributed by atoms with E-state index in [1.807, 2.05) is 6.92 Å². The van der Waals surface area contributed by atoms with Crippen molar-refractivity contribution < 1.29 is 23.9 Å². The van der Waals surface area contributed by atoms with Crippen LogP contribution in [0, 0.1) is 6.92 Å². The molecule has 0 aliphatic carbocycles. The molecule has 1 aromatic heterocycles. The van der Waals surface area contributed by atoms with Gasteiger partial charge in [-0.15, -0.1) is 0 Å². The van der Waals surface area contributed by atoms with Crippen LogP contribution in [0.4, 0.5) is 0 Å². The van der Waals surface area contributed by atoms with Gasteiger partial charge in [-0.2, -0.15) is 0 Å². The van der Waals surface area contributed by atoms with Gasteiger partial charge < -0.3 is 19.1 Å². The summed E-state index contributed by atoms with van der Waals surface area (Å²) in [7, 11) is 0. The van der Waals surface area contributed by atoms with Gasteiger partial charge in [0.2, 0.25) is 6.79 Å². The van der Waals surface area contributed by atoms with E-state index in [4.69, 9.17) is 19.1 Å². The number of aromatic carboxylic acids is 1. The second-order valence-electron chi connectivity index (χ2n) is 3.85. The Morgan fingerprint density at radius 1 is 1.39 bits per heavy atom. The molecule has 92 valence electrons. The summed E-state index contributed by atoms with van der Waals surface area (Å²) in [6.45, 7) is 2.04. The van der Waals surface area contributed by atoms with Gasteiger partial charge >= 0.3 is 5.97 Å². The van der Waals surface area contributed by atoms with E-state index in [1.165, 1.54) is 6.07 Å². The Morgan fingerprint density at radius 2 is 2.22 bits per heavy atom. The summed E-state index contributed by atoms with van der Waals surface area (Å²) >= 11 is 0. The molecule has 3 rings (SSSR count). The van der Waals surface area contributed by atoms with Crippen molar-refractivity contribution in [2.24, 2.45) is 0 Å². The zero-order valence-electron chi connectivity index (χ0n) is 9.47. The molecule has 1 N–H and O–H groups in total. The van der Waals surface area contributed by atoms with Crippen molar-refractivity contribution in [2.45, 2.75) is 6.92 Å². The first-order valence-corrected chi connectivity index (χ1v) is 5.26. The SMILES string of the molecule is Cc1c(-c2cc(C(=O)O)no2)ccc2c1OCO2. The smallest absolute Gasteiger partial charge is 0.358 e. The fraction of sp³-hybridized carbons (Fsp3) is 0.167. The quantitative estimate of drug-likeness (QED) is 0.874. The lowest BCUT2D eigenvalue weighted by Gasteiger charge is -2.04. The first-order chi connectivity index (χ1) is 8.66. The highest BCUT2D eigenvalue weighted by atomic mass is 16.7. The summed E-state index contributed by atoms with van der Waals surface area (Å²) in [5.74, 6) is 0.599. The lowest BCUT2D eigenvalue weighted by molar-refractivity contribution is 0.0686. The second-order valence-corrected chi connectivity index (χ2v) is 3.85. The molecular formula is C12H9NO5. The van der Waals surface area contributed by atoms with Crippen LogP contribution in [0.2, 0.25) is 0 Å². The molecule has 0 amide bonds. The highest BCUT2D eigenvalue weighted by Crippen LogP contribution is 2.40. The molecule has 0 spiro atoms. The van der Waals surface area contributed by atoms with E-state index >= 15 is 0 Å². The molecule has 1 aliphatic rings. The second kappa shape index (κ2) is 3.76. The molecular weight excluding hydrogens is 238 g/mol. The topological polar surface area (TPSA) is 81.8 Å². The Hall–Kier alpha value is -2.50. The van der Waals surface area contributed by atoms with Gasteiger partial charge in [0, 0.05) is 17.2 Å². The Balaban J connectivity index is 2.09. The largest absolute Gasteiger partial charge is 0.476 e. The molecule has 0 atom stereocenters. The van der Waals surface area contributed by atoms with Gasteiger partial charge in [0.15, 0.2) is 23.0 Å². The first kappa shape index (κ1) is 10.6. The van der Waals surface area contributed by atoms with Crippen LogP contribution in [-0.2, 0) is 0 Å². The standard InChI is InChI=1S/C12H9NO5/c1-6-7(2-3-9-11(6)17-5-16-9)10-4-8(12(14)15)13-18-10/h2-4H,5H2,1H3,(H,14,15). The Bertz CT molecular complexity index is 631. The van der Waals surface area contributed by atoms with Gasteiger partial charge in [-0.25, -0.2) is 4.79 Å². The molecule has 0 saturated carbocycles. The number of ether oxygens (including phenoxy) is 2. The number of carbonyl (C=O) groups is 1. The molecule has 0 saturated heterocycles. The third-order valence-electron chi connectivity index (χ3n) is 2.78. The molecule has 0 fully saturated rings. The highest BCUT2D eigenvalue weighted by Gasteiger charge is 2.21. The lowest BCUT2D eigenvalue weighted by Crippen LogP contribution is -1.94. The predicted molar refractivity (Wildman–Crippen MR) is 59.8 cm³/mol. The van der Waals surface area contributed by atoms with E-state index in [0.717, 1.165) is 11.1 Å². The van der Waals surface area contributed by atoms with Crippen molar-refractivity contribution in [3.8, 4) is 22.8 Å². The van der Waals surface area contributed by atoms with Crippen LogP contribution in [-0.4, -0.2) is 23.0 Å². The lowest BCUT2D eigenvalue weighted by atomic mass is 10.0. The van der Waals surface area contributed by atoms with Crippen molar-refractivity contribution in [1.82, 2.24) is 5.16 Å². The fourth-order valence-electron chi connectivity index (χ4n) is 1.88. The minimum atomic E-state index is -1.12. The number of rotatable bonds is 2. The highest BCUT2D eigenvalue weighted by molar-refractivity contribution is 5.86. The molecule has 2 heterocycles. The molecule has 18 heavy (non-hydrogen) atoms. The molecule has 0 radical (unpaired) electrons. The van der Waals surface area contributed by atoms with Crippen LogP contribution in [0.25, 0.3) is 11.3 Å². The van der Waals surface area contributed by atoms with Crippen molar-refractivity contribution in [3.05, 3.63) is 29.5 Å². The number of hydrogen-bond acceptors (Lipinski definition) is 5. The number of aromatic nitrogens is 1. The van der Waals surface area contributed by atoms with E-state index in [2.05, 4.69) is 5.16 Å². The van der Waals surface area contributed by atoms with Gasteiger partial charge in [-0.05, 0) is 19.1 Å². The van der Waals surface area contributed by atoms with Crippen LogP contribution >= 0.6 is 0 Å². The predicted octanol–water partition coefficient (Wildman–Crippen LogP) is 2.08. The summed E-state index contributed by atoms with van der Waals surface area (Å²) in [5, 5.41) is 12.3. The van der Waals surface area contributed by atoms with Gasteiger partial charge in [0.1, 0.15) is 0 Å². The number of carboxylic acids is 1. The summed E-state index contributed by atoms with van der Waals surface area (Å²) in [6.07, 6.45) is 0. The van der Waals surface area contributed by atoms with Crippen molar-refractivity contribution in [2.75, 3.05) is 6.79 Å². The number of carboxylic acid groups (broad SMARTS) is 1. The molecule has 2 aromatic rings. The molecule has 1 aliphatic heterocycles. The summed E-state index contributed by atoms with van der Waals surface area (Å²) < 4.78 is 15.6. The zero-order chi connectivity index (χ0) is 12.7. The van der Waals surface area contributed by atoms with Gasteiger partial charge in [-0.3, -0.25) is 0 Å². The number of hydrogen-bond donors (Lipinski definition) is 1. The average Bonchev–Trinajstić information content (AvgIpc) is 2.97. The number of benzene rings is 1. The van der Waals surface area contributed by atoms with Crippen molar-refractivity contribution >= 4 is 5.97 Å². The maximum Gasteiger partial charge on any atom is 0.358 e. The van der Waals surface area contributed by atoms with Gasteiger partial charge in [-0.1, -0.05) is 5.16 Å². The van der Waals surface area contributed by atoms with Crippen LogP contribution in [0.3, 0.4) is 0 Å². The van der Waals surface area contributed by atoms with E-state index < -0.39 is 5.97 Å². The Labute approximate surface area is 102 Å². The Morgan fingerprint density at radius 3 is 2.94 bits per heavy atom. The van der Waals surface area contributed by atoms with Crippen molar-refractivity contribution in [3.63, 3.8) is 0 Å². The maximum atomic E-state index is 10.8. The van der Waals surface area contributed by atoms with Crippen LogP contribution < -0.4 is 9.47 Å². The Kier molecular flexibility index (Phi) is 2.22. The number of fused-ring (bicyclic) bond motifs is 1. The molecule has 0 bridgehead atoms. The zero-order valence-corrected chi connectivity index (χ0v) is 9.47. The third kappa shape index (κ3) is 1.50. The molecule has 0 unspecified atom stereocenters. The monoisotopic (exact) mass is 247 g/mol. The third-order valence-corrected chi connectivity index (χ3v) is 2.78. The van der Waals surface area contributed by atoms with Crippen LogP contribution in [0.5, 0.6) is 11.5 Å². The molecule has 6 nitrogen and oxygen atoms in total. The average molecular weight is 247 g/mol. The molecule has 6 heteroatoms. The summed E-state index contributed by atoms with van der Waals surface area (Å²) in [5.41, 5.74) is 1.44. The molecule has 1 aromatic carbocycles. The van der Waals surface area contributed by atoms with Crippen LogP contribution in [0.15, 0.2) is 22.7 Å².